The fourth-order valence-electron chi connectivity index (χ4n) is 1.68. The lowest BCUT2D eigenvalue weighted by Gasteiger charge is -2.06. The molecule has 1 amide bonds. The third-order valence-electron chi connectivity index (χ3n) is 2.82. The summed E-state index contributed by atoms with van der Waals surface area (Å²) in [5.74, 6) is -0.824. The third-order valence-corrected chi connectivity index (χ3v) is 3.92. The number of rotatable bonds is 7. The van der Waals surface area contributed by atoms with Gasteiger partial charge in [0.05, 0.1) is 10.5 Å². The molecule has 0 aliphatic heterocycles. The predicted molar refractivity (Wildman–Crippen MR) is 79.5 cm³/mol. The lowest BCUT2D eigenvalue weighted by atomic mass is 10.1. The number of nitrogens with one attached hydrogen (secondary N) is 1. The van der Waals surface area contributed by atoms with Crippen LogP contribution in [0, 0.1) is 15.9 Å². The number of thioether (sulfide) groups is 1. The molecule has 0 unspecified atom stereocenters. The van der Waals surface area contributed by atoms with E-state index in [-0.39, 0.29) is 11.3 Å². The summed E-state index contributed by atoms with van der Waals surface area (Å²) in [7, 11) is 1.72. The highest BCUT2D eigenvalue weighted by atomic mass is 32.2. The standard InChI is InChI=1S/C12H13FN6O3S/c1-18-12(15-16-17-18)23-6-2-5-14-11(20)9-7-8(19(21)22)3-4-10(9)13/h3-4,7H,2,5-6H2,1H3,(H,14,20). The monoisotopic (exact) mass is 340 g/mol. The maximum Gasteiger partial charge on any atom is 0.270 e. The van der Waals surface area contributed by atoms with Gasteiger partial charge in [0.2, 0.25) is 5.16 Å². The van der Waals surface area contributed by atoms with Gasteiger partial charge in [0.25, 0.3) is 11.6 Å². The number of amides is 1. The van der Waals surface area contributed by atoms with E-state index >= 15 is 0 Å². The number of hydrogen-bond acceptors (Lipinski definition) is 7. The molecular formula is C12H13FN6O3S. The predicted octanol–water partition coefficient (Wildman–Crippen LogP) is 1.17. The molecule has 11 heteroatoms. The molecule has 1 N–H and O–H groups in total. The summed E-state index contributed by atoms with van der Waals surface area (Å²) in [4.78, 5) is 21.8. The molecule has 0 bridgehead atoms. The number of tetrazole rings is 1. The number of carbonyl (C=O) groups excluding carboxylic acids is 1. The molecule has 1 heterocycles. The molecule has 23 heavy (non-hydrogen) atoms. The fraction of sp³-hybridized carbons (Fsp3) is 0.333. The Hall–Kier alpha value is -2.56. The summed E-state index contributed by atoms with van der Waals surface area (Å²) in [6.45, 7) is 0.305. The molecule has 0 atom stereocenters. The summed E-state index contributed by atoms with van der Waals surface area (Å²) in [6, 6.07) is 2.84. The number of nitrogens with zero attached hydrogens (tertiary/aromatic N) is 5. The van der Waals surface area contributed by atoms with Gasteiger partial charge in [-0.3, -0.25) is 14.9 Å². The maximum absolute atomic E-state index is 13.6. The van der Waals surface area contributed by atoms with E-state index in [0.717, 1.165) is 18.2 Å². The number of non-ortho nitro benzene ring substituents is 1. The molecule has 0 aliphatic carbocycles. The Balaban J connectivity index is 1.82. The van der Waals surface area contributed by atoms with Gasteiger partial charge in [0, 0.05) is 31.5 Å². The number of nitro benzene ring substituents is 1. The van der Waals surface area contributed by atoms with Crippen molar-refractivity contribution in [2.24, 2.45) is 7.05 Å². The van der Waals surface area contributed by atoms with Crippen molar-refractivity contribution >= 4 is 23.4 Å². The molecule has 2 rings (SSSR count). The average molecular weight is 340 g/mol. The number of hydrogen-bond donors (Lipinski definition) is 1. The third kappa shape index (κ3) is 4.45. The number of benzene rings is 1. The Morgan fingerprint density at radius 1 is 1.52 bits per heavy atom. The fourth-order valence-corrected chi connectivity index (χ4v) is 2.47. The number of carbonyl (C=O) groups is 1. The van der Waals surface area contributed by atoms with Crippen LogP contribution in [0.3, 0.4) is 0 Å². The van der Waals surface area contributed by atoms with Gasteiger partial charge in [0.15, 0.2) is 0 Å². The van der Waals surface area contributed by atoms with Crippen molar-refractivity contribution in [3.63, 3.8) is 0 Å². The van der Waals surface area contributed by atoms with Gasteiger partial charge in [-0.25, -0.2) is 9.07 Å². The van der Waals surface area contributed by atoms with E-state index in [2.05, 4.69) is 20.8 Å². The van der Waals surface area contributed by atoms with Gasteiger partial charge in [-0.05, 0) is 22.9 Å². The van der Waals surface area contributed by atoms with E-state index in [0.29, 0.717) is 23.9 Å². The van der Waals surface area contributed by atoms with Gasteiger partial charge < -0.3 is 5.32 Å². The molecule has 2 aromatic rings. The quantitative estimate of drug-likeness (QED) is 0.348. The summed E-state index contributed by atoms with van der Waals surface area (Å²) in [6.07, 6.45) is 0.611. The zero-order valence-electron chi connectivity index (χ0n) is 12.1. The highest BCUT2D eigenvalue weighted by Gasteiger charge is 2.16. The van der Waals surface area contributed by atoms with E-state index in [1.165, 1.54) is 16.4 Å². The minimum Gasteiger partial charge on any atom is -0.352 e. The molecule has 0 aliphatic rings. The minimum atomic E-state index is -0.798. The van der Waals surface area contributed by atoms with E-state index in [1.807, 2.05) is 0 Å². The highest BCUT2D eigenvalue weighted by Crippen LogP contribution is 2.17. The van der Waals surface area contributed by atoms with Gasteiger partial charge in [-0.2, -0.15) is 0 Å². The summed E-state index contributed by atoms with van der Waals surface area (Å²) < 4.78 is 15.1. The van der Waals surface area contributed by atoms with Crippen LogP contribution in [0.5, 0.6) is 0 Å². The summed E-state index contributed by atoms with van der Waals surface area (Å²) in [5.41, 5.74) is -0.675. The van der Waals surface area contributed by atoms with E-state index in [4.69, 9.17) is 0 Å². The number of nitro groups is 1. The van der Waals surface area contributed by atoms with Crippen LogP contribution in [0.15, 0.2) is 23.4 Å². The van der Waals surface area contributed by atoms with Crippen LogP contribution in [0.2, 0.25) is 0 Å². The van der Waals surface area contributed by atoms with Crippen molar-refractivity contribution in [3.05, 3.63) is 39.7 Å². The Kier molecular flexibility index (Phi) is 5.57. The lowest BCUT2D eigenvalue weighted by Crippen LogP contribution is -2.25. The van der Waals surface area contributed by atoms with Crippen molar-refractivity contribution in [2.45, 2.75) is 11.6 Å². The molecule has 0 fully saturated rings. The topological polar surface area (TPSA) is 116 Å². The molecule has 1 aromatic carbocycles. The molecule has 0 spiro atoms. The first-order valence-corrected chi connectivity index (χ1v) is 7.55. The van der Waals surface area contributed by atoms with Gasteiger partial charge in [-0.1, -0.05) is 11.8 Å². The van der Waals surface area contributed by atoms with Crippen LogP contribution in [0.4, 0.5) is 10.1 Å². The number of halogens is 1. The first-order chi connectivity index (χ1) is 11.0. The first-order valence-electron chi connectivity index (χ1n) is 6.56. The molecule has 0 saturated heterocycles. The van der Waals surface area contributed by atoms with Gasteiger partial charge >= 0.3 is 0 Å². The number of aromatic nitrogens is 4. The van der Waals surface area contributed by atoms with Crippen LogP contribution < -0.4 is 5.32 Å². The minimum absolute atomic E-state index is 0.305. The van der Waals surface area contributed by atoms with Crippen molar-refractivity contribution in [2.75, 3.05) is 12.3 Å². The highest BCUT2D eigenvalue weighted by molar-refractivity contribution is 7.99. The van der Waals surface area contributed by atoms with E-state index in [9.17, 15) is 19.3 Å². The summed E-state index contributed by atoms with van der Waals surface area (Å²) >= 11 is 1.42. The molecule has 0 radical (unpaired) electrons. The molecular weight excluding hydrogens is 327 g/mol. The van der Waals surface area contributed by atoms with Gasteiger partial charge in [-0.15, -0.1) is 5.10 Å². The van der Waals surface area contributed by atoms with Crippen molar-refractivity contribution in [1.82, 2.24) is 25.5 Å². The SMILES string of the molecule is Cn1nnnc1SCCCNC(=O)c1cc([N+](=O)[O-])ccc1F. The first kappa shape index (κ1) is 16.8. The zero-order chi connectivity index (χ0) is 16.8. The van der Waals surface area contributed by atoms with Crippen molar-refractivity contribution in [3.8, 4) is 0 Å². The van der Waals surface area contributed by atoms with Crippen LogP contribution in [0.25, 0.3) is 0 Å². The Morgan fingerprint density at radius 2 is 2.30 bits per heavy atom. The van der Waals surface area contributed by atoms with Gasteiger partial charge in [0.1, 0.15) is 5.82 Å². The largest absolute Gasteiger partial charge is 0.352 e. The summed E-state index contributed by atoms with van der Waals surface area (Å²) in [5, 5.41) is 24.8. The van der Waals surface area contributed by atoms with Crippen molar-refractivity contribution in [1.29, 1.82) is 0 Å². The molecule has 1 aromatic heterocycles. The zero-order valence-corrected chi connectivity index (χ0v) is 12.9. The Bertz CT molecular complexity index is 723. The Labute approximate surface area is 134 Å². The van der Waals surface area contributed by atoms with Crippen LogP contribution >= 0.6 is 11.8 Å². The average Bonchev–Trinajstić information content (AvgIpc) is 2.92. The molecule has 122 valence electrons. The number of aryl methyl sites for hydroxylation is 1. The second-order valence-corrected chi connectivity index (χ2v) is 5.53. The van der Waals surface area contributed by atoms with Crippen LogP contribution in [-0.2, 0) is 7.05 Å². The maximum atomic E-state index is 13.6. The van der Waals surface area contributed by atoms with Crippen LogP contribution in [-0.4, -0.2) is 43.3 Å². The Morgan fingerprint density at radius 3 is 2.96 bits per heavy atom. The van der Waals surface area contributed by atoms with Crippen molar-refractivity contribution < 1.29 is 14.1 Å². The molecule has 0 saturated carbocycles. The second kappa shape index (κ2) is 7.63. The second-order valence-electron chi connectivity index (χ2n) is 4.46. The van der Waals surface area contributed by atoms with E-state index < -0.39 is 16.6 Å². The van der Waals surface area contributed by atoms with Crippen LogP contribution in [0.1, 0.15) is 16.8 Å². The normalized spacial score (nSPS) is 10.5. The lowest BCUT2D eigenvalue weighted by molar-refractivity contribution is -0.384. The van der Waals surface area contributed by atoms with E-state index in [1.54, 1.807) is 7.05 Å². The smallest absolute Gasteiger partial charge is 0.270 e. The molecule has 9 nitrogen and oxygen atoms in total.